The molecule has 28 heavy (non-hydrogen) atoms. The van der Waals surface area contributed by atoms with E-state index in [0.717, 1.165) is 6.42 Å². The lowest BCUT2D eigenvalue weighted by molar-refractivity contribution is 0.598. The van der Waals surface area contributed by atoms with Crippen molar-refractivity contribution in [3.05, 3.63) is 83.4 Å². The number of benzene rings is 4. The lowest BCUT2D eigenvalue weighted by Crippen LogP contribution is -2.02. The van der Waals surface area contributed by atoms with Crippen LogP contribution in [0.2, 0.25) is 0 Å². The van der Waals surface area contributed by atoms with Crippen molar-refractivity contribution in [2.24, 2.45) is 0 Å². The highest BCUT2D eigenvalue weighted by atomic mass is 31.1. The van der Waals surface area contributed by atoms with Gasteiger partial charge in [0, 0.05) is 5.56 Å². The van der Waals surface area contributed by atoms with Gasteiger partial charge in [-0.2, -0.15) is 0 Å². The topological polar surface area (TPSA) is 17.1 Å². The first kappa shape index (κ1) is 18.8. The van der Waals surface area contributed by atoms with Gasteiger partial charge in [0.05, 0.1) is 0 Å². The van der Waals surface area contributed by atoms with Crippen molar-refractivity contribution in [3.8, 4) is 11.1 Å². The minimum absolute atomic E-state index is 0.338. The van der Waals surface area contributed by atoms with Gasteiger partial charge in [-0.05, 0) is 63.1 Å². The van der Waals surface area contributed by atoms with Crippen LogP contribution in [-0.2, 0) is 10.7 Å². The second-order valence-corrected chi connectivity index (χ2v) is 8.29. The Hall–Kier alpha value is -2.50. The quantitative estimate of drug-likeness (QED) is 0.318. The Morgan fingerprint density at radius 1 is 0.857 bits per heavy atom. The molecule has 0 spiro atoms. The highest BCUT2D eigenvalue weighted by molar-refractivity contribution is 7.22. The average Bonchev–Trinajstić information content (AvgIpc) is 2.73. The molecule has 0 aliphatic rings. The lowest BCUT2D eigenvalue weighted by atomic mass is 9.82. The fourth-order valence-corrected chi connectivity index (χ4v) is 4.86. The Morgan fingerprint density at radius 2 is 1.50 bits per heavy atom. The van der Waals surface area contributed by atoms with Gasteiger partial charge in [0.1, 0.15) is 0 Å². The fraction of sp³-hybridized carbons (Fsp3) is 0.231. The number of aryl methyl sites for hydroxylation is 1. The van der Waals surface area contributed by atoms with Gasteiger partial charge < -0.3 is 0 Å². The molecule has 0 N–H and O–H groups in total. The lowest BCUT2D eigenvalue weighted by Gasteiger charge is -2.21. The molecule has 4 rings (SSSR count). The van der Waals surface area contributed by atoms with Crippen molar-refractivity contribution < 1.29 is 4.57 Å². The van der Waals surface area contributed by atoms with Crippen molar-refractivity contribution >= 4 is 30.0 Å². The fourth-order valence-electron chi connectivity index (χ4n) is 4.33. The third kappa shape index (κ3) is 3.15. The molecule has 0 saturated heterocycles. The van der Waals surface area contributed by atoms with Gasteiger partial charge in [-0.15, -0.1) is 0 Å². The standard InChI is InChI=1S/C26H25OP/c1-4-17(2)23-15-20-10-6-8-12-22(20)26(24(23)16-28-27)25-18(3)13-14-19-9-5-7-11-21(19)25/h5-15,17H,4,16H2,1-3H3/p+1. The number of fused-ring (bicyclic) bond motifs is 2. The summed E-state index contributed by atoms with van der Waals surface area (Å²) >= 11 is 0. The summed E-state index contributed by atoms with van der Waals surface area (Å²) in [4.78, 5) is 0. The Kier molecular flexibility index (Phi) is 5.29. The van der Waals surface area contributed by atoms with Crippen LogP contribution in [0.4, 0.5) is 0 Å². The first-order valence-electron chi connectivity index (χ1n) is 10.0. The molecular formula is C26H26OP+. The van der Waals surface area contributed by atoms with Crippen LogP contribution < -0.4 is 0 Å². The Morgan fingerprint density at radius 3 is 2.18 bits per heavy atom. The second-order valence-electron chi connectivity index (χ2n) is 7.65. The molecule has 0 amide bonds. The Balaban J connectivity index is 2.22. The molecule has 0 aliphatic carbocycles. The first-order chi connectivity index (χ1) is 13.7. The molecule has 4 aromatic carbocycles. The number of hydrogen-bond acceptors (Lipinski definition) is 1. The van der Waals surface area contributed by atoms with Crippen molar-refractivity contribution in [1.29, 1.82) is 0 Å². The molecule has 140 valence electrons. The SMILES string of the molecule is CCC(C)c1cc2ccccc2c(-c2c(C)ccc3ccccc23)c1C[PH+]=O. The smallest absolute Gasteiger partial charge is 0.0771 e. The van der Waals surface area contributed by atoms with Gasteiger partial charge in [-0.25, -0.2) is 0 Å². The molecule has 0 radical (unpaired) electrons. The van der Waals surface area contributed by atoms with E-state index in [1.807, 2.05) is 0 Å². The number of hydrogen-bond donors (Lipinski definition) is 0. The summed E-state index contributed by atoms with van der Waals surface area (Å²) in [5.41, 5.74) is 6.41. The summed E-state index contributed by atoms with van der Waals surface area (Å²) in [6, 6.07) is 24.0. The summed E-state index contributed by atoms with van der Waals surface area (Å²) in [7, 11) is -0.338. The minimum Gasteiger partial charge on any atom is -0.0771 e. The van der Waals surface area contributed by atoms with Gasteiger partial charge >= 0.3 is 8.46 Å². The van der Waals surface area contributed by atoms with Crippen LogP contribution in [0.5, 0.6) is 0 Å². The van der Waals surface area contributed by atoms with Crippen LogP contribution in [0.25, 0.3) is 32.7 Å². The van der Waals surface area contributed by atoms with Crippen molar-refractivity contribution in [2.45, 2.75) is 39.3 Å². The van der Waals surface area contributed by atoms with Crippen LogP contribution in [0.3, 0.4) is 0 Å². The summed E-state index contributed by atoms with van der Waals surface area (Å²) in [5.74, 6) is 0.435. The molecule has 4 aromatic rings. The summed E-state index contributed by atoms with van der Waals surface area (Å²) in [5, 5.41) is 5.03. The van der Waals surface area contributed by atoms with Gasteiger partial charge in [0.2, 0.25) is 0 Å². The Bertz CT molecular complexity index is 1180. The summed E-state index contributed by atoms with van der Waals surface area (Å²) in [6.45, 7) is 6.70. The molecule has 0 bridgehead atoms. The molecule has 2 atom stereocenters. The van der Waals surface area contributed by atoms with E-state index < -0.39 is 0 Å². The summed E-state index contributed by atoms with van der Waals surface area (Å²) in [6.07, 6.45) is 1.67. The first-order valence-corrected chi connectivity index (χ1v) is 11.2. The van der Waals surface area contributed by atoms with Crippen LogP contribution in [0.1, 0.15) is 42.9 Å². The van der Waals surface area contributed by atoms with Gasteiger partial charge in [0.25, 0.3) is 0 Å². The van der Waals surface area contributed by atoms with Crippen molar-refractivity contribution in [1.82, 2.24) is 0 Å². The van der Waals surface area contributed by atoms with Crippen LogP contribution in [0.15, 0.2) is 66.7 Å². The van der Waals surface area contributed by atoms with Gasteiger partial charge in [-0.3, -0.25) is 0 Å². The monoisotopic (exact) mass is 385 g/mol. The van der Waals surface area contributed by atoms with Crippen LogP contribution in [0, 0.1) is 6.92 Å². The highest BCUT2D eigenvalue weighted by Gasteiger charge is 2.22. The van der Waals surface area contributed by atoms with Crippen LogP contribution >= 0.6 is 8.46 Å². The average molecular weight is 385 g/mol. The number of rotatable bonds is 5. The predicted molar refractivity (Wildman–Crippen MR) is 123 cm³/mol. The zero-order valence-electron chi connectivity index (χ0n) is 16.8. The molecule has 2 unspecified atom stereocenters. The molecule has 0 aliphatic heterocycles. The summed E-state index contributed by atoms with van der Waals surface area (Å²) < 4.78 is 11.9. The van der Waals surface area contributed by atoms with Crippen molar-refractivity contribution in [3.63, 3.8) is 0 Å². The van der Waals surface area contributed by atoms with E-state index in [-0.39, 0.29) is 8.46 Å². The van der Waals surface area contributed by atoms with E-state index >= 15 is 0 Å². The molecule has 0 aromatic heterocycles. The molecule has 0 fully saturated rings. The predicted octanol–water partition coefficient (Wildman–Crippen LogP) is 8.01. The van der Waals surface area contributed by atoms with Crippen LogP contribution in [-0.4, -0.2) is 0 Å². The zero-order chi connectivity index (χ0) is 19.7. The van der Waals surface area contributed by atoms with Crippen molar-refractivity contribution in [2.75, 3.05) is 0 Å². The van der Waals surface area contributed by atoms with E-state index in [0.29, 0.717) is 12.1 Å². The van der Waals surface area contributed by atoms with Gasteiger partial charge in [-0.1, -0.05) is 85.1 Å². The van der Waals surface area contributed by atoms with E-state index in [1.54, 1.807) is 0 Å². The molecular weight excluding hydrogens is 359 g/mol. The third-order valence-corrected chi connectivity index (χ3v) is 6.47. The van der Waals surface area contributed by atoms with E-state index in [1.165, 1.54) is 49.4 Å². The van der Waals surface area contributed by atoms with E-state index in [4.69, 9.17) is 0 Å². The molecule has 2 heteroatoms. The third-order valence-electron chi connectivity index (χ3n) is 5.97. The molecule has 0 saturated carbocycles. The maximum atomic E-state index is 11.9. The Labute approximate surface area is 168 Å². The largest absolute Gasteiger partial charge is 0.329 e. The normalized spacial score (nSPS) is 12.7. The maximum Gasteiger partial charge on any atom is 0.329 e. The second kappa shape index (κ2) is 7.86. The maximum absolute atomic E-state index is 11.9. The van der Waals surface area contributed by atoms with Gasteiger partial charge in [0.15, 0.2) is 6.16 Å². The molecule has 1 nitrogen and oxygen atoms in total. The minimum atomic E-state index is -0.338. The zero-order valence-corrected chi connectivity index (χ0v) is 17.8. The van der Waals surface area contributed by atoms with E-state index in [2.05, 4.69) is 87.5 Å². The molecule has 0 heterocycles. The van der Waals surface area contributed by atoms with E-state index in [9.17, 15) is 4.57 Å². The highest BCUT2D eigenvalue weighted by Crippen LogP contribution is 2.43.